The van der Waals surface area contributed by atoms with Gasteiger partial charge in [-0.1, -0.05) is 11.8 Å². The predicted octanol–water partition coefficient (Wildman–Crippen LogP) is 2.32. The van der Waals surface area contributed by atoms with Crippen LogP contribution >= 0.6 is 11.3 Å². The van der Waals surface area contributed by atoms with Crippen molar-refractivity contribution < 1.29 is 4.79 Å². The molecule has 0 bridgehead atoms. The Morgan fingerprint density at radius 1 is 1.58 bits per heavy atom. The van der Waals surface area contributed by atoms with E-state index in [0.717, 1.165) is 17.0 Å². The molecule has 0 aliphatic heterocycles. The van der Waals surface area contributed by atoms with Crippen molar-refractivity contribution >= 4 is 17.2 Å². The standard InChI is InChI=1S/C15H20N2OS/c1-11(2)17(9-12-5-6-12)15(18)13-8-14(19-10-13)4-3-7-16/h8,10-12H,5-7,9,16H2,1-2H3. The number of hydrogen-bond acceptors (Lipinski definition) is 3. The summed E-state index contributed by atoms with van der Waals surface area (Å²) < 4.78 is 0. The van der Waals surface area contributed by atoms with Gasteiger partial charge in [0.05, 0.1) is 17.0 Å². The third kappa shape index (κ3) is 3.82. The molecule has 1 fully saturated rings. The summed E-state index contributed by atoms with van der Waals surface area (Å²) in [5.41, 5.74) is 6.10. The van der Waals surface area contributed by atoms with Gasteiger partial charge in [0, 0.05) is 18.0 Å². The normalized spacial score (nSPS) is 14.1. The Balaban J connectivity index is 2.09. The largest absolute Gasteiger partial charge is 0.336 e. The Labute approximate surface area is 118 Å². The molecule has 4 heteroatoms. The molecular weight excluding hydrogens is 256 g/mol. The molecule has 2 rings (SSSR count). The summed E-state index contributed by atoms with van der Waals surface area (Å²) in [5.74, 6) is 6.62. The van der Waals surface area contributed by atoms with Gasteiger partial charge >= 0.3 is 0 Å². The molecule has 19 heavy (non-hydrogen) atoms. The summed E-state index contributed by atoms with van der Waals surface area (Å²) in [7, 11) is 0. The Morgan fingerprint density at radius 3 is 2.89 bits per heavy atom. The SMILES string of the molecule is CC(C)N(CC1CC1)C(=O)c1csc(C#CCN)c1. The van der Waals surface area contributed by atoms with Crippen LogP contribution in [0.3, 0.4) is 0 Å². The molecule has 0 radical (unpaired) electrons. The van der Waals surface area contributed by atoms with Crippen LogP contribution in [0.15, 0.2) is 11.4 Å². The van der Waals surface area contributed by atoms with Crippen LogP contribution in [0.2, 0.25) is 0 Å². The first-order chi connectivity index (χ1) is 9.11. The number of thiophene rings is 1. The van der Waals surface area contributed by atoms with E-state index >= 15 is 0 Å². The molecule has 1 aliphatic rings. The van der Waals surface area contributed by atoms with Gasteiger partial charge in [-0.25, -0.2) is 0 Å². The molecule has 0 saturated heterocycles. The fraction of sp³-hybridized carbons (Fsp3) is 0.533. The maximum atomic E-state index is 12.5. The van der Waals surface area contributed by atoms with Gasteiger partial charge in [0.25, 0.3) is 5.91 Å². The number of nitrogens with two attached hydrogens (primary N) is 1. The molecule has 1 heterocycles. The lowest BCUT2D eigenvalue weighted by Crippen LogP contribution is -2.38. The molecule has 1 saturated carbocycles. The van der Waals surface area contributed by atoms with Crippen LogP contribution in [-0.2, 0) is 0 Å². The fourth-order valence-electron chi connectivity index (χ4n) is 1.92. The first kappa shape index (κ1) is 14.1. The smallest absolute Gasteiger partial charge is 0.254 e. The lowest BCUT2D eigenvalue weighted by Gasteiger charge is -2.26. The molecule has 3 nitrogen and oxygen atoms in total. The minimum Gasteiger partial charge on any atom is -0.336 e. The molecular formula is C15H20N2OS. The van der Waals surface area contributed by atoms with Crippen molar-refractivity contribution in [1.82, 2.24) is 4.90 Å². The van der Waals surface area contributed by atoms with E-state index < -0.39 is 0 Å². The van der Waals surface area contributed by atoms with E-state index in [-0.39, 0.29) is 11.9 Å². The van der Waals surface area contributed by atoms with Crippen LogP contribution in [-0.4, -0.2) is 29.9 Å². The topological polar surface area (TPSA) is 46.3 Å². The zero-order valence-electron chi connectivity index (χ0n) is 11.5. The van der Waals surface area contributed by atoms with Crippen molar-refractivity contribution in [3.63, 3.8) is 0 Å². The summed E-state index contributed by atoms with van der Waals surface area (Å²) in [6.45, 7) is 5.38. The predicted molar refractivity (Wildman–Crippen MR) is 79.1 cm³/mol. The van der Waals surface area contributed by atoms with Crippen molar-refractivity contribution in [2.45, 2.75) is 32.7 Å². The minimum absolute atomic E-state index is 0.124. The average molecular weight is 276 g/mol. The lowest BCUT2D eigenvalue weighted by molar-refractivity contribution is 0.0697. The van der Waals surface area contributed by atoms with Gasteiger partial charge in [-0.3, -0.25) is 4.79 Å². The third-order valence-electron chi connectivity index (χ3n) is 3.20. The van der Waals surface area contributed by atoms with Crippen molar-refractivity contribution in [1.29, 1.82) is 0 Å². The molecule has 0 spiro atoms. The second-order valence-corrected chi connectivity index (χ2v) is 6.11. The monoisotopic (exact) mass is 276 g/mol. The van der Waals surface area contributed by atoms with E-state index in [4.69, 9.17) is 5.73 Å². The number of amides is 1. The molecule has 1 aromatic rings. The zero-order valence-corrected chi connectivity index (χ0v) is 12.3. The Bertz CT molecular complexity index is 506. The fourth-order valence-corrected chi connectivity index (χ4v) is 2.67. The highest BCUT2D eigenvalue weighted by Gasteiger charge is 2.28. The molecule has 2 N–H and O–H groups in total. The Morgan fingerprint density at radius 2 is 2.32 bits per heavy atom. The molecule has 0 atom stereocenters. The molecule has 102 valence electrons. The van der Waals surface area contributed by atoms with Gasteiger partial charge in [0.1, 0.15) is 0 Å². The van der Waals surface area contributed by atoms with Gasteiger partial charge in [-0.2, -0.15) is 0 Å². The lowest BCUT2D eigenvalue weighted by atomic mass is 10.2. The highest BCUT2D eigenvalue weighted by Crippen LogP contribution is 2.31. The maximum Gasteiger partial charge on any atom is 0.254 e. The van der Waals surface area contributed by atoms with E-state index in [1.807, 2.05) is 16.3 Å². The van der Waals surface area contributed by atoms with Gasteiger partial charge < -0.3 is 10.6 Å². The first-order valence-corrected chi connectivity index (χ1v) is 7.58. The van der Waals surface area contributed by atoms with E-state index in [0.29, 0.717) is 12.5 Å². The van der Waals surface area contributed by atoms with Crippen LogP contribution in [0, 0.1) is 17.8 Å². The zero-order chi connectivity index (χ0) is 13.8. The molecule has 1 aliphatic carbocycles. The molecule has 0 aromatic carbocycles. The van der Waals surface area contributed by atoms with Gasteiger partial charge in [0.2, 0.25) is 0 Å². The van der Waals surface area contributed by atoms with Crippen LogP contribution in [0.25, 0.3) is 0 Å². The van der Waals surface area contributed by atoms with Gasteiger partial charge in [-0.15, -0.1) is 11.3 Å². The number of carbonyl (C=O) groups is 1. The maximum absolute atomic E-state index is 12.5. The Hall–Kier alpha value is -1.31. The van der Waals surface area contributed by atoms with Crippen molar-refractivity contribution in [3.8, 4) is 11.8 Å². The minimum atomic E-state index is 0.124. The first-order valence-electron chi connectivity index (χ1n) is 6.70. The third-order valence-corrected chi connectivity index (χ3v) is 4.04. The molecule has 1 aromatic heterocycles. The van der Waals surface area contributed by atoms with E-state index in [1.165, 1.54) is 24.2 Å². The summed E-state index contributed by atoms with van der Waals surface area (Å²) in [6.07, 6.45) is 2.51. The molecule has 1 amide bonds. The number of hydrogen-bond donors (Lipinski definition) is 1. The number of carbonyl (C=O) groups excluding carboxylic acids is 1. The van der Waals surface area contributed by atoms with Crippen LogP contribution in [0.1, 0.15) is 41.9 Å². The highest BCUT2D eigenvalue weighted by atomic mass is 32.1. The molecule has 0 unspecified atom stereocenters. The van der Waals surface area contributed by atoms with E-state index in [1.54, 1.807) is 0 Å². The van der Waals surface area contributed by atoms with Crippen molar-refractivity contribution in [2.24, 2.45) is 11.7 Å². The van der Waals surface area contributed by atoms with E-state index in [9.17, 15) is 4.79 Å². The summed E-state index contributed by atoms with van der Waals surface area (Å²) in [6, 6.07) is 2.12. The average Bonchev–Trinajstić information content (AvgIpc) is 3.08. The summed E-state index contributed by atoms with van der Waals surface area (Å²) >= 11 is 1.50. The second kappa shape index (κ2) is 6.23. The van der Waals surface area contributed by atoms with Crippen LogP contribution in [0.4, 0.5) is 0 Å². The van der Waals surface area contributed by atoms with Crippen molar-refractivity contribution in [2.75, 3.05) is 13.1 Å². The van der Waals surface area contributed by atoms with Gasteiger partial charge in [0.15, 0.2) is 0 Å². The summed E-state index contributed by atoms with van der Waals surface area (Å²) in [5, 5.41) is 1.89. The number of nitrogens with zero attached hydrogens (tertiary/aromatic N) is 1. The second-order valence-electron chi connectivity index (χ2n) is 5.20. The quantitative estimate of drug-likeness (QED) is 0.858. The van der Waals surface area contributed by atoms with Crippen LogP contribution < -0.4 is 5.73 Å². The number of rotatable bonds is 4. The van der Waals surface area contributed by atoms with E-state index in [2.05, 4.69) is 25.7 Å². The Kier molecular flexibility index (Phi) is 4.62. The van der Waals surface area contributed by atoms with Gasteiger partial charge in [-0.05, 0) is 38.7 Å². The van der Waals surface area contributed by atoms with Crippen LogP contribution in [0.5, 0.6) is 0 Å². The van der Waals surface area contributed by atoms with Crippen molar-refractivity contribution in [3.05, 3.63) is 21.9 Å². The highest BCUT2D eigenvalue weighted by molar-refractivity contribution is 7.10. The summed E-state index contributed by atoms with van der Waals surface area (Å²) in [4.78, 5) is 15.4.